The molecule has 0 bridgehead atoms. The third-order valence-electron chi connectivity index (χ3n) is 4.68. The summed E-state index contributed by atoms with van der Waals surface area (Å²) >= 11 is 0. The minimum absolute atomic E-state index is 0.0450. The average Bonchev–Trinajstić information content (AvgIpc) is 2.54. The minimum Gasteiger partial charge on any atom is -0.371 e. The monoisotopic (exact) mass is 346 g/mol. The number of amides is 2. The fourth-order valence-corrected chi connectivity index (χ4v) is 3.56. The van der Waals surface area contributed by atoms with E-state index in [9.17, 15) is 9.59 Å². The molecule has 1 aliphatic heterocycles. The Balaban J connectivity index is 2.27. The van der Waals surface area contributed by atoms with E-state index >= 15 is 0 Å². The summed E-state index contributed by atoms with van der Waals surface area (Å²) in [6.07, 6.45) is 3.41. The standard InChI is InChI=1S/C19H30N4O2/c1-13(2)17(22(3)4)19(25)21-14-8-9-15(18(20)24)16(12-14)23-10-6-5-7-11-23/h8-9,12-13,17H,5-7,10-11H2,1-4H3,(H2,20,24)(H,21,25)/t17-/m1/s1. The molecule has 0 aromatic heterocycles. The fourth-order valence-electron chi connectivity index (χ4n) is 3.56. The van der Waals surface area contributed by atoms with Crippen LogP contribution in [0.1, 0.15) is 43.5 Å². The number of piperidine rings is 1. The summed E-state index contributed by atoms with van der Waals surface area (Å²) in [7, 11) is 3.80. The largest absolute Gasteiger partial charge is 0.371 e. The fraction of sp³-hybridized carbons (Fsp3) is 0.579. The van der Waals surface area contributed by atoms with Crippen molar-refractivity contribution in [3.05, 3.63) is 23.8 Å². The van der Waals surface area contributed by atoms with Crippen LogP contribution in [0.4, 0.5) is 11.4 Å². The molecule has 0 saturated carbocycles. The Morgan fingerprint density at radius 2 is 1.80 bits per heavy atom. The van der Waals surface area contributed by atoms with Crippen LogP contribution in [0.25, 0.3) is 0 Å². The number of rotatable bonds is 6. The number of anilines is 2. The smallest absolute Gasteiger partial charge is 0.250 e. The van der Waals surface area contributed by atoms with Gasteiger partial charge in [0.15, 0.2) is 0 Å². The molecule has 3 N–H and O–H groups in total. The maximum atomic E-state index is 12.6. The molecule has 1 atom stereocenters. The first-order valence-corrected chi connectivity index (χ1v) is 8.97. The Labute approximate surface area is 150 Å². The van der Waals surface area contributed by atoms with Crippen LogP contribution in [-0.4, -0.2) is 49.9 Å². The van der Waals surface area contributed by atoms with E-state index in [-0.39, 0.29) is 17.9 Å². The molecule has 6 nitrogen and oxygen atoms in total. The van der Waals surface area contributed by atoms with Crippen LogP contribution < -0.4 is 16.0 Å². The van der Waals surface area contributed by atoms with Gasteiger partial charge < -0.3 is 16.0 Å². The van der Waals surface area contributed by atoms with Gasteiger partial charge in [-0.2, -0.15) is 0 Å². The Morgan fingerprint density at radius 3 is 2.32 bits per heavy atom. The summed E-state index contributed by atoms with van der Waals surface area (Å²) in [5.41, 5.74) is 7.56. The third kappa shape index (κ3) is 4.72. The first-order chi connectivity index (χ1) is 11.8. The molecular formula is C19H30N4O2. The predicted molar refractivity (Wildman–Crippen MR) is 102 cm³/mol. The topological polar surface area (TPSA) is 78.7 Å². The summed E-state index contributed by atoms with van der Waals surface area (Å²) in [5.74, 6) is -0.287. The number of primary amides is 1. The lowest BCUT2D eigenvalue weighted by Crippen LogP contribution is -2.43. The van der Waals surface area contributed by atoms with E-state index in [0.717, 1.165) is 31.6 Å². The molecule has 25 heavy (non-hydrogen) atoms. The maximum Gasteiger partial charge on any atom is 0.250 e. The van der Waals surface area contributed by atoms with Crippen LogP contribution in [0.15, 0.2) is 18.2 Å². The number of nitrogens with zero attached hydrogens (tertiary/aromatic N) is 2. The van der Waals surface area contributed by atoms with Gasteiger partial charge in [-0.25, -0.2) is 0 Å². The number of benzene rings is 1. The van der Waals surface area contributed by atoms with Crippen molar-refractivity contribution >= 4 is 23.2 Å². The number of hydrogen-bond donors (Lipinski definition) is 2. The van der Waals surface area contributed by atoms with E-state index in [1.807, 2.05) is 38.9 Å². The highest BCUT2D eigenvalue weighted by Crippen LogP contribution is 2.28. The van der Waals surface area contributed by atoms with E-state index in [2.05, 4.69) is 10.2 Å². The van der Waals surface area contributed by atoms with Crippen LogP contribution in [0.3, 0.4) is 0 Å². The third-order valence-corrected chi connectivity index (χ3v) is 4.68. The number of nitrogens with two attached hydrogens (primary N) is 1. The van der Waals surface area contributed by atoms with Crippen LogP contribution in [0.2, 0.25) is 0 Å². The molecule has 2 amide bonds. The van der Waals surface area contributed by atoms with E-state index < -0.39 is 5.91 Å². The number of nitrogens with one attached hydrogen (secondary N) is 1. The average molecular weight is 346 g/mol. The van der Waals surface area contributed by atoms with E-state index in [1.54, 1.807) is 12.1 Å². The molecule has 1 fully saturated rings. The highest BCUT2D eigenvalue weighted by Gasteiger charge is 2.25. The van der Waals surface area contributed by atoms with Gasteiger partial charge in [-0.15, -0.1) is 0 Å². The summed E-state index contributed by atoms with van der Waals surface area (Å²) in [6.45, 7) is 5.87. The van der Waals surface area contributed by atoms with Gasteiger partial charge in [0.1, 0.15) is 0 Å². The van der Waals surface area contributed by atoms with Crippen molar-refractivity contribution in [3.63, 3.8) is 0 Å². The lowest BCUT2D eigenvalue weighted by atomic mass is 10.0. The normalized spacial score (nSPS) is 16.2. The van der Waals surface area contributed by atoms with Gasteiger partial charge in [-0.3, -0.25) is 14.5 Å². The molecule has 1 heterocycles. The summed E-state index contributed by atoms with van der Waals surface area (Å²) in [6, 6.07) is 5.12. The zero-order chi connectivity index (χ0) is 18.6. The quantitative estimate of drug-likeness (QED) is 0.828. The van der Waals surface area contributed by atoms with Crippen molar-refractivity contribution in [3.8, 4) is 0 Å². The Morgan fingerprint density at radius 1 is 1.16 bits per heavy atom. The van der Waals surface area contributed by atoms with Crippen molar-refractivity contribution in [1.82, 2.24) is 4.90 Å². The maximum absolute atomic E-state index is 12.6. The van der Waals surface area contributed by atoms with Crippen LogP contribution in [0, 0.1) is 5.92 Å². The van der Waals surface area contributed by atoms with Gasteiger partial charge >= 0.3 is 0 Å². The van der Waals surface area contributed by atoms with Gasteiger partial charge in [0.25, 0.3) is 5.91 Å². The molecule has 1 aromatic carbocycles. The SMILES string of the molecule is CC(C)[C@H](C(=O)Nc1ccc(C(N)=O)c(N2CCCCC2)c1)N(C)C. The highest BCUT2D eigenvalue weighted by molar-refractivity contribution is 6.01. The minimum atomic E-state index is -0.438. The first-order valence-electron chi connectivity index (χ1n) is 8.97. The molecular weight excluding hydrogens is 316 g/mol. The summed E-state index contributed by atoms with van der Waals surface area (Å²) < 4.78 is 0. The molecule has 1 saturated heterocycles. The number of carbonyl (C=O) groups excluding carboxylic acids is 2. The number of likely N-dealkylation sites (N-methyl/N-ethyl adjacent to an activating group) is 1. The molecule has 0 radical (unpaired) electrons. The predicted octanol–water partition coefficient (Wildman–Crippen LogP) is 2.30. The molecule has 2 rings (SSSR count). The number of hydrogen-bond acceptors (Lipinski definition) is 4. The Kier molecular flexibility index (Phi) is 6.42. The highest BCUT2D eigenvalue weighted by atomic mass is 16.2. The summed E-state index contributed by atoms with van der Waals surface area (Å²) in [5, 5.41) is 2.99. The van der Waals surface area contributed by atoms with Gasteiger partial charge in [0.05, 0.1) is 17.3 Å². The Bertz CT molecular complexity index is 614. The van der Waals surface area contributed by atoms with Crippen LogP contribution in [0.5, 0.6) is 0 Å². The lowest BCUT2D eigenvalue weighted by Gasteiger charge is -2.31. The summed E-state index contributed by atoms with van der Waals surface area (Å²) in [4.78, 5) is 28.5. The molecule has 6 heteroatoms. The zero-order valence-electron chi connectivity index (χ0n) is 15.7. The molecule has 0 unspecified atom stereocenters. The van der Waals surface area contributed by atoms with Gasteiger partial charge in [-0.05, 0) is 57.5 Å². The van der Waals surface area contributed by atoms with Crippen LogP contribution >= 0.6 is 0 Å². The van der Waals surface area contributed by atoms with Crippen molar-refractivity contribution in [2.45, 2.75) is 39.2 Å². The van der Waals surface area contributed by atoms with E-state index in [4.69, 9.17) is 5.73 Å². The molecule has 1 aromatic rings. The molecule has 1 aliphatic rings. The van der Waals surface area contributed by atoms with Crippen molar-refractivity contribution in [2.24, 2.45) is 11.7 Å². The second-order valence-corrected chi connectivity index (χ2v) is 7.29. The van der Waals surface area contributed by atoms with Gasteiger partial charge in [0.2, 0.25) is 5.91 Å². The van der Waals surface area contributed by atoms with Gasteiger partial charge in [-0.1, -0.05) is 13.8 Å². The van der Waals surface area contributed by atoms with Gasteiger partial charge in [0, 0.05) is 18.8 Å². The second kappa shape index (κ2) is 8.34. The van der Waals surface area contributed by atoms with Crippen molar-refractivity contribution < 1.29 is 9.59 Å². The van der Waals surface area contributed by atoms with Crippen molar-refractivity contribution in [1.29, 1.82) is 0 Å². The molecule has 0 spiro atoms. The molecule has 0 aliphatic carbocycles. The lowest BCUT2D eigenvalue weighted by molar-refractivity contribution is -0.121. The zero-order valence-corrected chi connectivity index (χ0v) is 15.7. The van der Waals surface area contributed by atoms with Crippen LogP contribution in [-0.2, 0) is 4.79 Å². The van der Waals surface area contributed by atoms with E-state index in [0.29, 0.717) is 11.3 Å². The van der Waals surface area contributed by atoms with E-state index in [1.165, 1.54) is 6.42 Å². The van der Waals surface area contributed by atoms with Crippen molar-refractivity contribution in [2.75, 3.05) is 37.4 Å². The first kappa shape index (κ1) is 19.2. The number of carbonyl (C=O) groups is 2. The Hall–Kier alpha value is -2.08. The molecule has 138 valence electrons. The second-order valence-electron chi connectivity index (χ2n) is 7.29.